The monoisotopic (exact) mass is 319 g/mol. The van der Waals surface area contributed by atoms with E-state index in [4.69, 9.17) is 0 Å². The predicted molar refractivity (Wildman–Crippen MR) is 66.0 cm³/mol. The van der Waals surface area contributed by atoms with Crippen LogP contribution >= 0.6 is 15.9 Å². The molecule has 0 atom stereocenters. The van der Waals surface area contributed by atoms with Crippen LogP contribution in [0.3, 0.4) is 0 Å². The number of nitro benzene ring substituents is 1. The maximum absolute atomic E-state index is 13.7. The Labute approximate surface area is 111 Å². The number of carbonyl (C=O) groups excluding carboxylic acids is 1. The van der Waals surface area contributed by atoms with Gasteiger partial charge in [-0.15, -0.1) is 0 Å². The Balaban J connectivity index is 3.16. The molecule has 5 nitrogen and oxygen atoms in total. The molecule has 7 heteroatoms. The SMILES string of the molecule is CCOC(=O)Cc1c(F)cc(CBr)cc1[N+](=O)[O-]. The minimum absolute atomic E-state index is 0.147. The van der Waals surface area contributed by atoms with Crippen molar-refractivity contribution in [1.82, 2.24) is 0 Å². The molecule has 0 aliphatic rings. The van der Waals surface area contributed by atoms with Crippen molar-refractivity contribution in [1.29, 1.82) is 0 Å². The molecule has 0 saturated heterocycles. The van der Waals surface area contributed by atoms with Gasteiger partial charge in [-0.2, -0.15) is 0 Å². The van der Waals surface area contributed by atoms with E-state index in [1.165, 1.54) is 6.07 Å². The van der Waals surface area contributed by atoms with Crippen molar-refractivity contribution >= 4 is 27.6 Å². The van der Waals surface area contributed by atoms with Crippen LogP contribution in [0.5, 0.6) is 0 Å². The average molecular weight is 320 g/mol. The summed E-state index contributed by atoms with van der Waals surface area (Å²) in [6, 6.07) is 2.41. The van der Waals surface area contributed by atoms with Gasteiger partial charge in [0.2, 0.25) is 0 Å². The number of hydrogen-bond acceptors (Lipinski definition) is 4. The van der Waals surface area contributed by atoms with Gasteiger partial charge >= 0.3 is 5.97 Å². The maximum Gasteiger partial charge on any atom is 0.310 e. The summed E-state index contributed by atoms with van der Waals surface area (Å²) >= 11 is 3.09. The topological polar surface area (TPSA) is 69.4 Å². The molecular weight excluding hydrogens is 309 g/mol. The highest BCUT2D eigenvalue weighted by Crippen LogP contribution is 2.25. The molecular formula is C11H11BrFNO4. The fraction of sp³-hybridized carbons (Fsp3) is 0.364. The molecule has 0 heterocycles. The molecule has 0 aromatic heterocycles. The highest BCUT2D eigenvalue weighted by atomic mass is 79.9. The van der Waals surface area contributed by atoms with Gasteiger partial charge < -0.3 is 4.74 Å². The molecule has 1 aromatic carbocycles. The van der Waals surface area contributed by atoms with Crippen molar-refractivity contribution in [3.63, 3.8) is 0 Å². The summed E-state index contributed by atoms with van der Waals surface area (Å²) in [5.74, 6) is -1.46. The lowest BCUT2D eigenvalue weighted by atomic mass is 10.1. The third-order valence-electron chi connectivity index (χ3n) is 2.21. The first-order valence-electron chi connectivity index (χ1n) is 5.16. The Hall–Kier alpha value is -1.50. The molecule has 0 aliphatic carbocycles. The maximum atomic E-state index is 13.7. The number of halogens is 2. The highest BCUT2D eigenvalue weighted by Gasteiger charge is 2.22. The van der Waals surface area contributed by atoms with Gasteiger partial charge in [-0.05, 0) is 18.6 Å². The molecule has 0 N–H and O–H groups in total. The van der Waals surface area contributed by atoms with E-state index in [0.717, 1.165) is 6.07 Å². The second-order valence-corrected chi connectivity index (χ2v) is 4.01. The Bertz CT molecular complexity index is 478. The number of nitrogens with zero attached hydrogens (tertiary/aromatic N) is 1. The summed E-state index contributed by atoms with van der Waals surface area (Å²) in [6.45, 7) is 1.75. The van der Waals surface area contributed by atoms with Crippen LogP contribution in [-0.4, -0.2) is 17.5 Å². The normalized spacial score (nSPS) is 10.2. The third-order valence-corrected chi connectivity index (χ3v) is 2.86. The molecule has 0 saturated carbocycles. The molecule has 0 radical (unpaired) electrons. The lowest BCUT2D eigenvalue weighted by Crippen LogP contribution is -2.11. The number of hydrogen-bond donors (Lipinski definition) is 0. The number of esters is 1. The van der Waals surface area contributed by atoms with E-state index < -0.39 is 28.8 Å². The van der Waals surface area contributed by atoms with Crippen molar-refractivity contribution < 1.29 is 18.8 Å². The standard InChI is InChI=1S/C11H11BrFNO4/c1-2-18-11(15)5-8-9(13)3-7(6-12)4-10(8)14(16)17/h3-4H,2,5-6H2,1H3. The van der Waals surface area contributed by atoms with Crippen LogP contribution in [0.2, 0.25) is 0 Å². The van der Waals surface area contributed by atoms with Gasteiger partial charge in [0.15, 0.2) is 0 Å². The van der Waals surface area contributed by atoms with Crippen LogP contribution < -0.4 is 0 Å². The number of ether oxygens (including phenoxy) is 1. The van der Waals surface area contributed by atoms with Crippen molar-refractivity contribution in [3.8, 4) is 0 Å². The summed E-state index contributed by atoms with van der Waals surface area (Å²) < 4.78 is 18.4. The quantitative estimate of drug-likeness (QED) is 0.362. The van der Waals surface area contributed by atoms with Crippen LogP contribution in [0.1, 0.15) is 18.1 Å². The van der Waals surface area contributed by atoms with Crippen molar-refractivity contribution in [2.24, 2.45) is 0 Å². The highest BCUT2D eigenvalue weighted by molar-refractivity contribution is 9.08. The zero-order chi connectivity index (χ0) is 13.7. The predicted octanol–water partition coefficient (Wildman–Crippen LogP) is 2.73. The lowest BCUT2D eigenvalue weighted by molar-refractivity contribution is -0.385. The Kier molecular flexibility index (Phi) is 5.21. The Morgan fingerprint density at radius 1 is 1.56 bits per heavy atom. The van der Waals surface area contributed by atoms with Gasteiger partial charge in [0, 0.05) is 11.4 Å². The minimum atomic E-state index is -0.772. The smallest absolute Gasteiger partial charge is 0.310 e. The van der Waals surface area contributed by atoms with Gasteiger partial charge in [0.1, 0.15) is 5.82 Å². The average Bonchev–Trinajstić information content (AvgIpc) is 2.31. The Morgan fingerprint density at radius 2 is 2.22 bits per heavy atom. The first kappa shape index (κ1) is 14.6. The van der Waals surface area contributed by atoms with E-state index in [0.29, 0.717) is 10.9 Å². The summed E-state index contributed by atoms with van der Waals surface area (Å²) in [4.78, 5) is 21.4. The number of rotatable bonds is 5. The second-order valence-electron chi connectivity index (χ2n) is 3.45. The molecule has 0 bridgehead atoms. The summed E-state index contributed by atoms with van der Waals surface area (Å²) in [5, 5.41) is 11.1. The molecule has 98 valence electrons. The van der Waals surface area contributed by atoms with Crippen LogP contribution in [0.15, 0.2) is 12.1 Å². The first-order valence-corrected chi connectivity index (χ1v) is 6.29. The van der Waals surface area contributed by atoms with Gasteiger partial charge in [-0.25, -0.2) is 4.39 Å². The number of carbonyl (C=O) groups is 1. The van der Waals surface area contributed by atoms with Gasteiger partial charge in [0.25, 0.3) is 5.69 Å². The van der Waals surface area contributed by atoms with Crippen LogP contribution in [0, 0.1) is 15.9 Å². The van der Waals surface area contributed by atoms with E-state index in [2.05, 4.69) is 20.7 Å². The van der Waals surface area contributed by atoms with Crippen LogP contribution in [0.4, 0.5) is 10.1 Å². The zero-order valence-corrected chi connectivity index (χ0v) is 11.2. The number of alkyl halides is 1. The fourth-order valence-electron chi connectivity index (χ4n) is 1.45. The lowest BCUT2D eigenvalue weighted by Gasteiger charge is -2.06. The molecule has 1 rings (SSSR count). The van der Waals surface area contributed by atoms with E-state index in [9.17, 15) is 19.3 Å². The molecule has 18 heavy (non-hydrogen) atoms. The van der Waals surface area contributed by atoms with Crippen LogP contribution in [0.25, 0.3) is 0 Å². The van der Waals surface area contributed by atoms with Crippen molar-refractivity contribution in [2.75, 3.05) is 6.61 Å². The van der Waals surface area contributed by atoms with Gasteiger partial charge in [0.05, 0.1) is 23.5 Å². The molecule has 0 aliphatic heterocycles. The first-order chi connectivity index (χ1) is 8.49. The molecule has 1 aromatic rings. The van der Waals surface area contributed by atoms with E-state index >= 15 is 0 Å². The summed E-state index contributed by atoms with van der Waals surface area (Å²) in [6.07, 6.45) is -0.446. The van der Waals surface area contributed by atoms with Crippen molar-refractivity contribution in [2.45, 2.75) is 18.7 Å². The van der Waals surface area contributed by atoms with Crippen LogP contribution in [-0.2, 0) is 21.3 Å². The van der Waals surface area contributed by atoms with E-state index in [1.807, 2.05) is 0 Å². The second kappa shape index (κ2) is 6.44. The minimum Gasteiger partial charge on any atom is -0.466 e. The molecule has 0 amide bonds. The largest absolute Gasteiger partial charge is 0.466 e. The third kappa shape index (κ3) is 3.49. The number of benzene rings is 1. The number of nitro groups is 1. The zero-order valence-electron chi connectivity index (χ0n) is 9.61. The summed E-state index contributed by atoms with van der Waals surface area (Å²) in [7, 11) is 0. The van der Waals surface area contributed by atoms with E-state index in [-0.39, 0.29) is 12.2 Å². The Morgan fingerprint density at radius 3 is 2.72 bits per heavy atom. The van der Waals surface area contributed by atoms with E-state index in [1.54, 1.807) is 6.92 Å². The molecule has 0 fully saturated rings. The summed E-state index contributed by atoms with van der Waals surface area (Å²) in [5.41, 5.74) is -0.215. The van der Waals surface area contributed by atoms with Gasteiger partial charge in [-0.1, -0.05) is 15.9 Å². The fourth-order valence-corrected chi connectivity index (χ4v) is 1.77. The molecule has 0 unspecified atom stereocenters. The van der Waals surface area contributed by atoms with Crippen molar-refractivity contribution in [3.05, 3.63) is 39.2 Å². The molecule has 0 spiro atoms. The van der Waals surface area contributed by atoms with Gasteiger partial charge in [-0.3, -0.25) is 14.9 Å².